The van der Waals surface area contributed by atoms with Crippen molar-refractivity contribution in [2.75, 3.05) is 25.0 Å². The molecule has 0 aliphatic carbocycles. The lowest BCUT2D eigenvalue weighted by atomic mass is 10.1. The number of hydrogen-bond acceptors (Lipinski definition) is 7. The molecule has 1 saturated heterocycles. The number of benzene rings is 2. The van der Waals surface area contributed by atoms with Gasteiger partial charge in [-0.1, -0.05) is 35.4 Å². The van der Waals surface area contributed by atoms with E-state index in [1.54, 1.807) is 24.3 Å². The van der Waals surface area contributed by atoms with Crippen molar-refractivity contribution in [2.45, 2.75) is 42.5 Å². The van der Waals surface area contributed by atoms with Gasteiger partial charge in [0.25, 0.3) is 20.2 Å². The fourth-order valence-corrected chi connectivity index (χ4v) is 4.37. The Morgan fingerprint density at radius 3 is 1.75 bits per heavy atom. The average Bonchev–Trinajstić information content (AvgIpc) is 2.85. The number of anilines is 1. The Balaban J connectivity index is 0.000000193. The van der Waals surface area contributed by atoms with Gasteiger partial charge in [0, 0.05) is 25.3 Å². The van der Waals surface area contributed by atoms with Gasteiger partial charge in [-0.3, -0.25) is 14.1 Å². The third-order valence-electron chi connectivity index (χ3n) is 5.48. The van der Waals surface area contributed by atoms with Crippen molar-refractivity contribution in [2.24, 2.45) is 0 Å². The fraction of sp³-hybridized carbons (Fsp3) is 0.320. The minimum Gasteiger partial charge on any atom is -0.369 e. The van der Waals surface area contributed by atoms with Crippen molar-refractivity contribution in [3.8, 4) is 0 Å². The predicted molar refractivity (Wildman–Crippen MR) is 141 cm³/mol. The van der Waals surface area contributed by atoms with Gasteiger partial charge in [-0.2, -0.15) is 16.8 Å². The van der Waals surface area contributed by atoms with Crippen LogP contribution in [0.2, 0.25) is 0 Å². The number of aryl methyl sites for hydroxylation is 2. The molecule has 2 heterocycles. The number of nitrogens with one attached hydrogen (secondary N) is 1. The first-order valence-corrected chi connectivity index (χ1v) is 14.2. The summed E-state index contributed by atoms with van der Waals surface area (Å²) < 4.78 is 59.1. The van der Waals surface area contributed by atoms with Gasteiger partial charge in [0.1, 0.15) is 0 Å². The minimum atomic E-state index is -4.02. The number of nitrogens with zero attached hydrogens (tertiary/aromatic N) is 2. The first-order chi connectivity index (χ1) is 16.9. The molecule has 2 aromatic carbocycles. The van der Waals surface area contributed by atoms with E-state index in [9.17, 15) is 16.8 Å². The number of rotatable bonds is 4. The molecular weight excluding hydrogens is 502 g/mol. The van der Waals surface area contributed by atoms with E-state index in [0.717, 1.165) is 24.2 Å². The first kappa shape index (κ1) is 29.4. The molecule has 0 bridgehead atoms. The van der Waals surface area contributed by atoms with Crippen LogP contribution < -0.4 is 10.2 Å². The van der Waals surface area contributed by atoms with E-state index in [2.05, 4.69) is 21.3 Å². The van der Waals surface area contributed by atoms with Crippen molar-refractivity contribution >= 4 is 25.9 Å². The summed E-state index contributed by atoms with van der Waals surface area (Å²) in [5.41, 5.74) is 3.15. The normalized spacial score (nSPS) is 15.7. The SMILES string of the molecule is CN[C@H]1CCCN(c2cccnc2)C1.Cc1ccc(S(=O)(=O)O)cc1.Cc1ccc(S(=O)(=O)O)cc1. The van der Waals surface area contributed by atoms with E-state index in [1.807, 2.05) is 39.4 Å². The molecule has 9 nitrogen and oxygen atoms in total. The Morgan fingerprint density at radius 1 is 0.861 bits per heavy atom. The van der Waals surface area contributed by atoms with Crippen LogP contribution >= 0.6 is 0 Å². The number of piperidine rings is 1. The summed E-state index contributed by atoms with van der Waals surface area (Å²) >= 11 is 0. The van der Waals surface area contributed by atoms with E-state index in [1.165, 1.54) is 42.8 Å². The molecule has 0 spiro atoms. The molecule has 1 aliphatic heterocycles. The maximum absolute atomic E-state index is 10.5. The van der Waals surface area contributed by atoms with E-state index < -0.39 is 20.2 Å². The summed E-state index contributed by atoms with van der Waals surface area (Å²) in [5.74, 6) is 0. The Morgan fingerprint density at radius 2 is 1.36 bits per heavy atom. The van der Waals surface area contributed by atoms with Gasteiger partial charge in [-0.25, -0.2) is 0 Å². The van der Waals surface area contributed by atoms with Gasteiger partial charge in [0.2, 0.25) is 0 Å². The van der Waals surface area contributed by atoms with Crippen molar-refractivity contribution in [3.63, 3.8) is 0 Å². The molecule has 0 radical (unpaired) electrons. The minimum absolute atomic E-state index is 0.0666. The summed E-state index contributed by atoms with van der Waals surface area (Å²) in [7, 11) is -6.00. The van der Waals surface area contributed by atoms with E-state index in [4.69, 9.17) is 9.11 Å². The number of aromatic nitrogens is 1. The monoisotopic (exact) mass is 535 g/mol. The van der Waals surface area contributed by atoms with Gasteiger partial charge in [-0.15, -0.1) is 0 Å². The second-order valence-electron chi connectivity index (χ2n) is 8.36. The van der Waals surface area contributed by atoms with Crippen molar-refractivity contribution in [1.82, 2.24) is 10.3 Å². The van der Waals surface area contributed by atoms with E-state index >= 15 is 0 Å². The lowest BCUT2D eigenvalue weighted by Crippen LogP contribution is -2.44. The van der Waals surface area contributed by atoms with E-state index in [0.29, 0.717) is 6.04 Å². The summed E-state index contributed by atoms with van der Waals surface area (Å²) in [6.45, 7) is 5.94. The average molecular weight is 536 g/mol. The molecule has 0 amide bonds. The number of hydrogen-bond donors (Lipinski definition) is 3. The number of likely N-dealkylation sites (N-methyl/N-ethyl adjacent to an activating group) is 1. The lowest BCUT2D eigenvalue weighted by molar-refractivity contribution is 0.449. The second-order valence-corrected chi connectivity index (χ2v) is 11.2. The van der Waals surface area contributed by atoms with Crippen LogP contribution in [0.25, 0.3) is 0 Å². The van der Waals surface area contributed by atoms with Gasteiger partial charge in [0.15, 0.2) is 0 Å². The Bertz CT molecular complexity index is 1210. The van der Waals surface area contributed by atoms with Crippen LogP contribution in [-0.2, 0) is 20.2 Å². The third kappa shape index (κ3) is 10.0. The summed E-state index contributed by atoms with van der Waals surface area (Å²) in [6, 6.07) is 16.7. The quantitative estimate of drug-likeness (QED) is 0.427. The molecule has 1 atom stereocenters. The zero-order chi connectivity index (χ0) is 26.8. The Hall–Kier alpha value is -2.83. The second kappa shape index (κ2) is 13.5. The summed E-state index contributed by atoms with van der Waals surface area (Å²) in [5, 5.41) is 3.34. The molecule has 196 valence electrons. The lowest BCUT2D eigenvalue weighted by Gasteiger charge is -2.33. The molecular formula is C25H33N3O6S2. The number of pyridine rings is 1. The highest BCUT2D eigenvalue weighted by Gasteiger charge is 2.18. The largest absolute Gasteiger partial charge is 0.369 e. The molecule has 1 aromatic heterocycles. The molecule has 3 N–H and O–H groups in total. The summed E-state index contributed by atoms with van der Waals surface area (Å²) in [6.07, 6.45) is 6.31. The topological polar surface area (TPSA) is 137 Å². The standard InChI is InChI=1S/C11H17N3.2C7H8O3S/c1-12-10-4-3-7-14(9-10)11-5-2-6-13-8-11;2*1-6-2-4-7(5-3-6)11(8,9)10/h2,5-6,8,10,12H,3-4,7,9H2,1H3;2*2-5H,1H3,(H,8,9,10)/t10-;;/m0../s1. The van der Waals surface area contributed by atoms with Gasteiger partial charge in [-0.05, 0) is 70.1 Å². The zero-order valence-electron chi connectivity index (χ0n) is 20.6. The zero-order valence-corrected chi connectivity index (χ0v) is 22.2. The van der Waals surface area contributed by atoms with Crippen LogP contribution in [0.15, 0.2) is 82.8 Å². The highest BCUT2D eigenvalue weighted by Crippen LogP contribution is 2.18. The van der Waals surface area contributed by atoms with Gasteiger partial charge in [0.05, 0.1) is 21.7 Å². The predicted octanol–water partition coefficient (Wildman–Crippen LogP) is 3.75. The van der Waals surface area contributed by atoms with Crippen LogP contribution in [0.5, 0.6) is 0 Å². The molecule has 1 fully saturated rings. The fourth-order valence-electron chi connectivity index (χ4n) is 3.41. The molecule has 11 heteroatoms. The van der Waals surface area contributed by atoms with E-state index in [-0.39, 0.29) is 9.79 Å². The molecule has 4 rings (SSSR count). The van der Waals surface area contributed by atoms with Crippen LogP contribution in [0, 0.1) is 13.8 Å². The molecule has 36 heavy (non-hydrogen) atoms. The molecule has 1 aliphatic rings. The smallest absolute Gasteiger partial charge is 0.294 e. The van der Waals surface area contributed by atoms with Crippen LogP contribution in [0.3, 0.4) is 0 Å². The van der Waals surface area contributed by atoms with Crippen LogP contribution in [0.1, 0.15) is 24.0 Å². The van der Waals surface area contributed by atoms with Gasteiger partial charge < -0.3 is 10.2 Å². The van der Waals surface area contributed by atoms with Crippen molar-refractivity contribution in [1.29, 1.82) is 0 Å². The molecule has 3 aromatic rings. The maximum atomic E-state index is 10.5. The highest BCUT2D eigenvalue weighted by molar-refractivity contribution is 7.86. The van der Waals surface area contributed by atoms with Crippen LogP contribution in [-0.4, -0.2) is 57.1 Å². The Kier molecular flexibility index (Phi) is 11.0. The summed E-state index contributed by atoms with van der Waals surface area (Å²) in [4.78, 5) is 6.42. The Labute approximate surface area is 213 Å². The van der Waals surface area contributed by atoms with Crippen molar-refractivity contribution < 1.29 is 25.9 Å². The molecule has 0 saturated carbocycles. The maximum Gasteiger partial charge on any atom is 0.294 e. The first-order valence-electron chi connectivity index (χ1n) is 11.3. The van der Waals surface area contributed by atoms with Crippen LogP contribution in [0.4, 0.5) is 5.69 Å². The third-order valence-corrected chi connectivity index (χ3v) is 7.21. The van der Waals surface area contributed by atoms with Gasteiger partial charge >= 0.3 is 0 Å². The van der Waals surface area contributed by atoms with Crippen molar-refractivity contribution in [3.05, 3.63) is 84.2 Å². The highest BCUT2D eigenvalue weighted by atomic mass is 32.2. The molecule has 0 unspecified atom stereocenters.